The number of ether oxygens (including phenoxy) is 2. The lowest BCUT2D eigenvalue weighted by atomic mass is 9.91. The number of ketones is 1. The van der Waals surface area contributed by atoms with E-state index >= 15 is 0 Å². The van der Waals surface area contributed by atoms with Gasteiger partial charge >= 0.3 is 0 Å². The van der Waals surface area contributed by atoms with E-state index in [4.69, 9.17) is 9.47 Å². The van der Waals surface area contributed by atoms with Crippen LogP contribution in [0, 0.1) is 5.92 Å². The van der Waals surface area contributed by atoms with Gasteiger partial charge in [0.25, 0.3) is 0 Å². The van der Waals surface area contributed by atoms with Crippen molar-refractivity contribution >= 4 is 5.78 Å². The van der Waals surface area contributed by atoms with Crippen molar-refractivity contribution in [2.75, 3.05) is 20.8 Å². The number of hydrogen-bond acceptors (Lipinski definition) is 3. The Morgan fingerprint density at radius 1 is 1.31 bits per heavy atom. The molecule has 0 saturated carbocycles. The Labute approximate surface area is 99.5 Å². The van der Waals surface area contributed by atoms with Gasteiger partial charge in [-0.25, -0.2) is 0 Å². The molecule has 0 aromatic carbocycles. The Balaban J connectivity index is 4.07. The van der Waals surface area contributed by atoms with Crippen LogP contribution in [0.25, 0.3) is 0 Å². The summed E-state index contributed by atoms with van der Waals surface area (Å²) in [7, 11) is 3.41. The van der Waals surface area contributed by atoms with E-state index < -0.39 is 0 Å². The highest BCUT2D eigenvalue weighted by Crippen LogP contribution is 2.21. The average Bonchev–Trinajstić information content (AvgIpc) is 2.26. The molecule has 0 fully saturated rings. The maximum Gasteiger partial charge on any atom is 0.133 e. The largest absolute Gasteiger partial charge is 0.384 e. The van der Waals surface area contributed by atoms with Crippen LogP contribution in [-0.2, 0) is 14.3 Å². The van der Waals surface area contributed by atoms with Crippen LogP contribution < -0.4 is 0 Å². The van der Waals surface area contributed by atoms with E-state index in [0.717, 1.165) is 12.8 Å². The second-order valence-electron chi connectivity index (χ2n) is 4.92. The maximum atomic E-state index is 11.4. The molecule has 0 aliphatic carbocycles. The fourth-order valence-electron chi connectivity index (χ4n) is 1.60. The summed E-state index contributed by atoms with van der Waals surface area (Å²) in [6.07, 6.45) is 3.17. The molecule has 3 nitrogen and oxygen atoms in total. The summed E-state index contributed by atoms with van der Waals surface area (Å²) in [4.78, 5) is 11.4. The van der Waals surface area contributed by atoms with Crippen molar-refractivity contribution in [1.82, 2.24) is 0 Å². The molecule has 0 aromatic heterocycles. The fourth-order valence-corrected chi connectivity index (χ4v) is 1.60. The number of Topliss-reactive ketones (excluding diaryl/α,β-unsaturated/α-hetero) is 1. The van der Waals surface area contributed by atoms with E-state index in [9.17, 15) is 4.79 Å². The van der Waals surface area contributed by atoms with Gasteiger partial charge < -0.3 is 9.47 Å². The molecule has 0 aliphatic heterocycles. The molecule has 16 heavy (non-hydrogen) atoms. The number of rotatable bonds is 9. The molecule has 0 N–H and O–H groups in total. The van der Waals surface area contributed by atoms with Crippen molar-refractivity contribution in [2.45, 2.75) is 52.1 Å². The van der Waals surface area contributed by atoms with E-state index in [1.165, 1.54) is 0 Å². The molecule has 0 amide bonds. The van der Waals surface area contributed by atoms with E-state index in [-0.39, 0.29) is 5.60 Å². The SMILES string of the molecule is CCC(=O)CC(CCC(C)(C)OC)COC. The first-order valence-corrected chi connectivity index (χ1v) is 6.01. The molecule has 0 spiro atoms. The molecule has 1 atom stereocenters. The first kappa shape index (κ1) is 15.6. The van der Waals surface area contributed by atoms with Crippen LogP contribution in [0.1, 0.15) is 46.5 Å². The topological polar surface area (TPSA) is 35.5 Å². The van der Waals surface area contributed by atoms with E-state index in [1.54, 1.807) is 14.2 Å². The number of hydrogen-bond donors (Lipinski definition) is 0. The summed E-state index contributed by atoms with van der Waals surface area (Å²) in [5.41, 5.74) is -0.110. The van der Waals surface area contributed by atoms with Crippen molar-refractivity contribution in [1.29, 1.82) is 0 Å². The van der Waals surface area contributed by atoms with E-state index in [0.29, 0.717) is 31.1 Å². The molecule has 3 heteroatoms. The third-order valence-corrected chi connectivity index (χ3v) is 3.02. The van der Waals surface area contributed by atoms with E-state index in [1.807, 2.05) is 6.92 Å². The van der Waals surface area contributed by atoms with Gasteiger partial charge in [-0.1, -0.05) is 6.92 Å². The van der Waals surface area contributed by atoms with Crippen LogP contribution in [0.3, 0.4) is 0 Å². The van der Waals surface area contributed by atoms with Crippen LogP contribution in [0.15, 0.2) is 0 Å². The van der Waals surface area contributed by atoms with Gasteiger partial charge in [-0.2, -0.15) is 0 Å². The molecule has 0 rings (SSSR count). The molecule has 1 unspecified atom stereocenters. The monoisotopic (exact) mass is 230 g/mol. The van der Waals surface area contributed by atoms with Crippen LogP contribution >= 0.6 is 0 Å². The molecule has 96 valence electrons. The Hall–Kier alpha value is -0.410. The molecular formula is C13H26O3. The Morgan fingerprint density at radius 2 is 1.94 bits per heavy atom. The van der Waals surface area contributed by atoms with Gasteiger partial charge in [0.15, 0.2) is 0 Å². The second kappa shape index (κ2) is 7.80. The summed E-state index contributed by atoms with van der Waals surface area (Å²) >= 11 is 0. The Morgan fingerprint density at radius 3 is 2.38 bits per heavy atom. The molecule has 0 heterocycles. The zero-order chi connectivity index (χ0) is 12.6. The van der Waals surface area contributed by atoms with Gasteiger partial charge in [0, 0.05) is 33.7 Å². The highest BCUT2D eigenvalue weighted by Gasteiger charge is 2.20. The average molecular weight is 230 g/mol. The van der Waals surface area contributed by atoms with Crippen molar-refractivity contribution in [3.63, 3.8) is 0 Å². The van der Waals surface area contributed by atoms with Crippen LogP contribution in [0.2, 0.25) is 0 Å². The number of carbonyl (C=O) groups excluding carboxylic acids is 1. The Kier molecular flexibility index (Phi) is 7.60. The van der Waals surface area contributed by atoms with Gasteiger partial charge in [-0.3, -0.25) is 4.79 Å². The lowest BCUT2D eigenvalue weighted by molar-refractivity contribution is -0.120. The molecule has 0 aromatic rings. The van der Waals surface area contributed by atoms with Gasteiger partial charge in [-0.15, -0.1) is 0 Å². The second-order valence-corrected chi connectivity index (χ2v) is 4.92. The minimum Gasteiger partial charge on any atom is -0.384 e. The van der Waals surface area contributed by atoms with Crippen LogP contribution in [0.4, 0.5) is 0 Å². The number of carbonyl (C=O) groups is 1. The smallest absolute Gasteiger partial charge is 0.133 e. The first-order chi connectivity index (χ1) is 7.45. The lowest BCUT2D eigenvalue weighted by Gasteiger charge is -2.25. The molecule has 0 radical (unpaired) electrons. The lowest BCUT2D eigenvalue weighted by Crippen LogP contribution is -2.25. The zero-order valence-electron chi connectivity index (χ0n) is 11.3. The predicted octanol–water partition coefficient (Wildman–Crippen LogP) is 2.82. The minimum absolute atomic E-state index is 0.110. The minimum atomic E-state index is -0.110. The van der Waals surface area contributed by atoms with Crippen LogP contribution in [-0.4, -0.2) is 32.2 Å². The number of methoxy groups -OCH3 is 2. The normalized spacial score (nSPS) is 13.8. The molecule has 0 aliphatic rings. The summed E-state index contributed by atoms with van der Waals surface area (Å²) in [5, 5.41) is 0. The third-order valence-electron chi connectivity index (χ3n) is 3.02. The summed E-state index contributed by atoms with van der Waals surface area (Å²) in [5.74, 6) is 0.643. The first-order valence-electron chi connectivity index (χ1n) is 6.01. The standard InChI is InChI=1S/C13H26O3/c1-6-12(14)9-11(10-15-4)7-8-13(2,3)16-5/h11H,6-10H2,1-5H3. The highest BCUT2D eigenvalue weighted by molar-refractivity contribution is 5.78. The fraction of sp³-hybridized carbons (Fsp3) is 0.923. The summed E-state index contributed by atoms with van der Waals surface area (Å²) in [6, 6.07) is 0. The van der Waals surface area contributed by atoms with Crippen molar-refractivity contribution in [3.8, 4) is 0 Å². The quantitative estimate of drug-likeness (QED) is 0.611. The maximum absolute atomic E-state index is 11.4. The van der Waals surface area contributed by atoms with Crippen molar-refractivity contribution in [2.24, 2.45) is 5.92 Å². The van der Waals surface area contributed by atoms with Gasteiger partial charge in [0.2, 0.25) is 0 Å². The molecule has 0 bridgehead atoms. The summed E-state index contributed by atoms with van der Waals surface area (Å²) < 4.78 is 10.5. The zero-order valence-corrected chi connectivity index (χ0v) is 11.3. The third kappa shape index (κ3) is 6.96. The van der Waals surface area contributed by atoms with Gasteiger partial charge in [0.1, 0.15) is 5.78 Å². The van der Waals surface area contributed by atoms with Crippen molar-refractivity contribution < 1.29 is 14.3 Å². The predicted molar refractivity (Wildman–Crippen MR) is 65.6 cm³/mol. The van der Waals surface area contributed by atoms with Crippen molar-refractivity contribution in [3.05, 3.63) is 0 Å². The molecule has 0 saturated heterocycles. The van der Waals surface area contributed by atoms with Gasteiger partial charge in [0.05, 0.1) is 5.60 Å². The van der Waals surface area contributed by atoms with Crippen LogP contribution in [0.5, 0.6) is 0 Å². The summed E-state index contributed by atoms with van der Waals surface area (Å²) in [6.45, 7) is 6.70. The highest BCUT2D eigenvalue weighted by atomic mass is 16.5. The Bertz CT molecular complexity index is 199. The van der Waals surface area contributed by atoms with E-state index in [2.05, 4.69) is 13.8 Å². The van der Waals surface area contributed by atoms with Gasteiger partial charge in [-0.05, 0) is 32.6 Å². The molecular weight excluding hydrogens is 204 g/mol.